The number of halogens is 1. The van der Waals surface area contributed by atoms with Crippen molar-refractivity contribution in [2.45, 2.75) is 51.1 Å². The summed E-state index contributed by atoms with van der Waals surface area (Å²) >= 11 is 6.41. The van der Waals surface area contributed by atoms with E-state index >= 15 is 0 Å². The summed E-state index contributed by atoms with van der Waals surface area (Å²) in [7, 11) is 1.65. The van der Waals surface area contributed by atoms with Crippen molar-refractivity contribution in [1.29, 1.82) is 0 Å². The summed E-state index contributed by atoms with van der Waals surface area (Å²) in [5.41, 5.74) is 1.33. The molecular weight excluding hydrogens is 364 g/mol. The fourth-order valence-corrected chi connectivity index (χ4v) is 4.61. The highest BCUT2D eigenvalue weighted by atomic mass is 35.5. The van der Waals surface area contributed by atoms with E-state index in [2.05, 4.69) is 10.2 Å². The van der Waals surface area contributed by atoms with E-state index in [0.717, 1.165) is 44.7 Å². The van der Waals surface area contributed by atoms with Crippen molar-refractivity contribution < 1.29 is 14.2 Å². The summed E-state index contributed by atoms with van der Waals surface area (Å²) in [6.07, 6.45) is 6.20. The van der Waals surface area contributed by atoms with Crippen LogP contribution in [0.15, 0.2) is 12.1 Å². The Morgan fingerprint density at radius 2 is 1.93 bits per heavy atom. The Bertz CT molecular complexity index is 599. The van der Waals surface area contributed by atoms with E-state index in [1.165, 1.54) is 32.4 Å². The molecule has 2 fully saturated rings. The summed E-state index contributed by atoms with van der Waals surface area (Å²) in [6, 6.07) is 3.99. The second-order valence-electron chi connectivity index (χ2n) is 7.53. The third-order valence-corrected chi connectivity index (χ3v) is 6.09. The summed E-state index contributed by atoms with van der Waals surface area (Å²) in [5.74, 6) is 1.32. The lowest BCUT2D eigenvalue weighted by molar-refractivity contribution is -0.0358. The van der Waals surface area contributed by atoms with Crippen molar-refractivity contribution >= 4 is 11.6 Å². The molecule has 2 heterocycles. The highest BCUT2D eigenvalue weighted by Gasteiger charge is 2.38. The van der Waals surface area contributed by atoms with E-state index in [1.807, 2.05) is 19.1 Å². The molecule has 6 heteroatoms. The topological polar surface area (TPSA) is 43.0 Å². The molecular formula is C21H33ClN2O3. The molecule has 0 spiro atoms. The van der Waals surface area contributed by atoms with Gasteiger partial charge in [0, 0.05) is 31.8 Å². The van der Waals surface area contributed by atoms with Gasteiger partial charge in [-0.1, -0.05) is 18.0 Å². The number of methoxy groups -OCH3 is 1. The molecule has 1 aromatic rings. The summed E-state index contributed by atoms with van der Waals surface area (Å²) in [4.78, 5) is 2.71. The van der Waals surface area contributed by atoms with Crippen LogP contribution in [-0.2, 0) is 11.3 Å². The number of likely N-dealkylation sites (tertiary alicyclic amines) is 1. The molecule has 1 aromatic carbocycles. The maximum absolute atomic E-state index is 6.41. The van der Waals surface area contributed by atoms with Gasteiger partial charge in [-0.05, 0) is 63.4 Å². The van der Waals surface area contributed by atoms with E-state index in [1.54, 1.807) is 7.11 Å². The Labute approximate surface area is 168 Å². The zero-order valence-electron chi connectivity index (χ0n) is 16.7. The first-order valence-electron chi connectivity index (χ1n) is 10.2. The molecule has 5 nitrogen and oxygen atoms in total. The van der Waals surface area contributed by atoms with Crippen molar-refractivity contribution in [3.63, 3.8) is 0 Å². The minimum Gasteiger partial charge on any atom is -0.493 e. The van der Waals surface area contributed by atoms with Gasteiger partial charge in [0.05, 0.1) is 18.7 Å². The average Bonchev–Trinajstić information content (AvgIpc) is 2.71. The van der Waals surface area contributed by atoms with E-state index < -0.39 is 0 Å². The summed E-state index contributed by atoms with van der Waals surface area (Å²) in [5, 5.41) is 4.29. The van der Waals surface area contributed by atoms with Gasteiger partial charge in [0.2, 0.25) is 0 Å². The van der Waals surface area contributed by atoms with Gasteiger partial charge in [-0.3, -0.25) is 4.90 Å². The van der Waals surface area contributed by atoms with Crippen LogP contribution in [-0.4, -0.2) is 57.0 Å². The van der Waals surface area contributed by atoms with Crippen molar-refractivity contribution in [1.82, 2.24) is 10.2 Å². The number of nitrogens with one attached hydrogen (secondary N) is 1. The Hall–Kier alpha value is -1.01. The minimum atomic E-state index is 0.220. The van der Waals surface area contributed by atoms with E-state index in [-0.39, 0.29) is 5.54 Å². The van der Waals surface area contributed by atoms with E-state index in [9.17, 15) is 0 Å². The number of rotatable bonds is 8. The van der Waals surface area contributed by atoms with Crippen LogP contribution in [0.5, 0.6) is 11.5 Å². The maximum Gasteiger partial charge on any atom is 0.179 e. The predicted molar refractivity (Wildman–Crippen MR) is 109 cm³/mol. The molecule has 0 aromatic heterocycles. The first-order chi connectivity index (χ1) is 13.2. The van der Waals surface area contributed by atoms with Crippen LogP contribution in [0, 0.1) is 0 Å². The third-order valence-electron chi connectivity index (χ3n) is 5.81. The lowest BCUT2D eigenvalue weighted by atomic mass is 9.86. The Kier molecular flexibility index (Phi) is 7.65. The largest absolute Gasteiger partial charge is 0.493 e. The Morgan fingerprint density at radius 1 is 1.19 bits per heavy atom. The van der Waals surface area contributed by atoms with Gasteiger partial charge in [-0.25, -0.2) is 0 Å². The van der Waals surface area contributed by atoms with Gasteiger partial charge < -0.3 is 19.5 Å². The van der Waals surface area contributed by atoms with Crippen LogP contribution in [0.4, 0.5) is 0 Å². The fraction of sp³-hybridized carbons (Fsp3) is 0.714. The molecule has 3 rings (SSSR count). The fourth-order valence-electron chi connectivity index (χ4n) is 4.32. The second-order valence-corrected chi connectivity index (χ2v) is 7.94. The molecule has 0 aliphatic carbocycles. The predicted octanol–water partition coefficient (Wildman–Crippen LogP) is 3.87. The van der Waals surface area contributed by atoms with Gasteiger partial charge in [-0.2, -0.15) is 0 Å². The quantitative estimate of drug-likeness (QED) is 0.722. The molecule has 2 saturated heterocycles. The maximum atomic E-state index is 6.41. The molecule has 1 N–H and O–H groups in total. The summed E-state index contributed by atoms with van der Waals surface area (Å²) in [6.45, 7) is 8.40. The van der Waals surface area contributed by atoms with E-state index in [0.29, 0.717) is 23.1 Å². The van der Waals surface area contributed by atoms with Gasteiger partial charge >= 0.3 is 0 Å². The van der Waals surface area contributed by atoms with Crippen molar-refractivity contribution in [2.24, 2.45) is 0 Å². The van der Waals surface area contributed by atoms with Crippen molar-refractivity contribution in [3.05, 3.63) is 22.7 Å². The zero-order chi connectivity index (χ0) is 19.1. The highest BCUT2D eigenvalue weighted by Crippen LogP contribution is 2.36. The average molecular weight is 397 g/mol. The lowest BCUT2D eigenvalue weighted by Gasteiger charge is -2.48. The Balaban J connectivity index is 1.65. The zero-order valence-corrected chi connectivity index (χ0v) is 17.4. The van der Waals surface area contributed by atoms with Crippen LogP contribution in [0.1, 0.15) is 44.6 Å². The molecule has 0 atom stereocenters. The van der Waals surface area contributed by atoms with Crippen LogP contribution in [0.25, 0.3) is 0 Å². The standard InChI is InChI=1S/C21H33ClN2O3/c1-3-27-20-18(22)13-17(14-19(20)25-2)15-23-16-21(7-11-26-12-8-21)24-9-5-4-6-10-24/h13-14,23H,3-12,15-16H2,1-2H3. The molecule has 0 bridgehead atoms. The molecule has 0 amide bonds. The number of hydrogen-bond donors (Lipinski definition) is 1. The lowest BCUT2D eigenvalue weighted by Crippen LogP contribution is -2.59. The molecule has 27 heavy (non-hydrogen) atoms. The molecule has 0 radical (unpaired) electrons. The number of hydrogen-bond acceptors (Lipinski definition) is 5. The summed E-state index contributed by atoms with van der Waals surface area (Å²) < 4.78 is 16.7. The molecule has 2 aliphatic rings. The third kappa shape index (κ3) is 5.08. The monoisotopic (exact) mass is 396 g/mol. The second kappa shape index (κ2) is 9.97. The van der Waals surface area contributed by atoms with Gasteiger partial charge in [0.25, 0.3) is 0 Å². The number of piperidine rings is 1. The molecule has 2 aliphatic heterocycles. The van der Waals surface area contributed by atoms with Gasteiger partial charge in [0.1, 0.15) is 0 Å². The first kappa shape index (κ1) is 20.7. The number of ether oxygens (including phenoxy) is 3. The van der Waals surface area contributed by atoms with Crippen LogP contribution in [0.3, 0.4) is 0 Å². The number of nitrogens with zero attached hydrogens (tertiary/aromatic N) is 1. The van der Waals surface area contributed by atoms with Crippen molar-refractivity contribution in [3.8, 4) is 11.5 Å². The van der Waals surface area contributed by atoms with Gasteiger partial charge in [0.15, 0.2) is 11.5 Å². The Morgan fingerprint density at radius 3 is 2.59 bits per heavy atom. The number of benzene rings is 1. The van der Waals surface area contributed by atoms with Crippen LogP contribution < -0.4 is 14.8 Å². The first-order valence-corrected chi connectivity index (χ1v) is 10.6. The highest BCUT2D eigenvalue weighted by molar-refractivity contribution is 6.32. The molecule has 152 valence electrons. The molecule has 0 saturated carbocycles. The smallest absolute Gasteiger partial charge is 0.179 e. The minimum absolute atomic E-state index is 0.220. The van der Waals surface area contributed by atoms with Crippen molar-refractivity contribution in [2.75, 3.05) is 46.6 Å². The molecule has 0 unspecified atom stereocenters. The normalized spacial score (nSPS) is 20.4. The van der Waals surface area contributed by atoms with E-state index in [4.69, 9.17) is 25.8 Å². The van der Waals surface area contributed by atoms with Crippen LogP contribution >= 0.6 is 11.6 Å². The SMILES string of the molecule is CCOc1c(Cl)cc(CNCC2(N3CCCCC3)CCOCC2)cc1OC. The van der Waals surface area contributed by atoms with Gasteiger partial charge in [-0.15, -0.1) is 0 Å². The van der Waals surface area contributed by atoms with Crippen LogP contribution in [0.2, 0.25) is 5.02 Å².